The molecule has 2 aromatic carbocycles. The van der Waals surface area contributed by atoms with E-state index in [0.29, 0.717) is 19.7 Å². The Morgan fingerprint density at radius 2 is 1.88 bits per heavy atom. The molecule has 0 aliphatic heterocycles. The number of carbonyl (C=O) groups excluding carboxylic acids is 1. The number of imidazole rings is 1. The molecule has 0 fully saturated rings. The molecule has 136 valence electrons. The molecule has 0 aliphatic carbocycles. The summed E-state index contributed by atoms with van der Waals surface area (Å²) in [5.41, 5.74) is 2.73. The smallest absolute Gasteiger partial charge is 0.328 e. The molecule has 1 aromatic heterocycles. The molecule has 0 saturated carbocycles. The van der Waals surface area contributed by atoms with Crippen molar-refractivity contribution in [2.45, 2.75) is 19.9 Å². The van der Waals surface area contributed by atoms with Crippen LogP contribution in [-0.4, -0.2) is 28.2 Å². The number of ether oxygens (including phenoxy) is 1. The molecular formula is C20H23N3O3. The summed E-state index contributed by atoms with van der Waals surface area (Å²) < 4.78 is 8.84. The van der Waals surface area contributed by atoms with Crippen LogP contribution in [0.25, 0.3) is 11.0 Å². The number of carbonyl (C=O) groups is 1. The standard InChI is InChI=1S/C20H23N3O3/c1-15-6-5-7-16(14-15)26-13-11-21-19(24)10-12-23-18-9-4-3-8-17(18)22(2)20(23)25/h3-9,14H,10-13H2,1-2H3,(H,21,24). The van der Waals surface area contributed by atoms with Crippen molar-refractivity contribution in [2.75, 3.05) is 13.2 Å². The average molecular weight is 353 g/mol. The number of amides is 1. The Labute approximate surface area is 152 Å². The Morgan fingerprint density at radius 3 is 2.65 bits per heavy atom. The van der Waals surface area contributed by atoms with Gasteiger partial charge in [-0.05, 0) is 36.8 Å². The van der Waals surface area contributed by atoms with Gasteiger partial charge in [-0.3, -0.25) is 13.9 Å². The normalized spacial score (nSPS) is 10.8. The summed E-state index contributed by atoms with van der Waals surface area (Å²) in [6.07, 6.45) is 0.248. The van der Waals surface area contributed by atoms with E-state index in [-0.39, 0.29) is 18.0 Å². The molecule has 0 radical (unpaired) electrons. The van der Waals surface area contributed by atoms with Gasteiger partial charge in [0.1, 0.15) is 12.4 Å². The molecule has 3 aromatic rings. The maximum Gasteiger partial charge on any atom is 0.328 e. The molecule has 0 unspecified atom stereocenters. The first-order chi connectivity index (χ1) is 12.6. The van der Waals surface area contributed by atoms with Crippen molar-refractivity contribution < 1.29 is 9.53 Å². The Hall–Kier alpha value is -3.02. The van der Waals surface area contributed by atoms with Crippen LogP contribution < -0.4 is 15.7 Å². The van der Waals surface area contributed by atoms with Gasteiger partial charge in [0, 0.05) is 20.0 Å². The maximum atomic E-state index is 12.3. The number of hydrogen-bond acceptors (Lipinski definition) is 3. The predicted octanol–water partition coefficient (Wildman–Crippen LogP) is 2.23. The van der Waals surface area contributed by atoms with Crippen molar-refractivity contribution in [1.82, 2.24) is 14.5 Å². The highest BCUT2D eigenvalue weighted by atomic mass is 16.5. The van der Waals surface area contributed by atoms with Crippen LogP contribution in [0.15, 0.2) is 53.3 Å². The topological polar surface area (TPSA) is 65.3 Å². The van der Waals surface area contributed by atoms with Crippen molar-refractivity contribution in [2.24, 2.45) is 7.05 Å². The van der Waals surface area contributed by atoms with E-state index in [1.165, 1.54) is 0 Å². The molecule has 1 N–H and O–H groups in total. The number of nitrogens with zero attached hydrogens (tertiary/aromatic N) is 2. The number of hydrogen-bond donors (Lipinski definition) is 1. The SMILES string of the molecule is Cc1cccc(OCCNC(=O)CCn2c(=O)n(C)c3ccccc32)c1. The third kappa shape index (κ3) is 3.96. The molecule has 1 amide bonds. The number of rotatable bonds is 7. The number of benzene rings is 2. The van der Waals surface area contributed by atoms with Crippen LogP contribution in [0.2, 0.25) is 0 Å². The van der Waals surface area contributed by atoms with Gasteiger partial charge >= 0.3 is 5.69 Å². The van der Waals surface area contributed by atoms with Crippen LogP contribution in [0.3, 0.4) is 0 Å². The van der Waals surface area contributed by atoms with Crippen molar-refractivity contribution in [3.63, 3.8) is 0 Å². The minimum absolute atomic E-state index is 0.0994. The second-order valence-corrected chi connectivity index (χ2v) is 6.25. The Morgan fingerprint density at radius 1 is 1.12 bits per heavy atom. The van der Waals surface area contributed by atoms with Crippen molar-refractivity contribution in [1.29, 1.82) is 0 Å². The van der Waals surface area contributed by atoms with E-state index in [9.17, 15) is 9.59 Å². The molecule has 0 aliphatic rings. The highest BCUT2D eigenvalue weighted by Gasteiger charge is 2.11. The summed E-state index contributed by atoms with van der Waals surface area (Å²) in [6, 6.07) is 15.4. The lowest BCUT2D eigenvalue weighted by Crippen LogP contribution is -2.30. The first-order valence-corrected chi connectivity index (χ1v) is 8.66. The zero-order valence-corrected chi connectivity index (χ0v) is 15.1. The van der Waals surface area contributed by atoms with E-state index in [4.69, 9.17) is 4.74 Å². The van der Waals surface area contributed by atoms with Gasteiger partial charge in [-0.2, -0.15) is 0 Å². The Kier molecular flexibility index (Phi) is 5.41. The minimum atomic E-state index is -0.109. The second-order valence-electron chi connectivity index (χ2n) is 6.25. The molecule has 1 heterocycles. The van der Waals surface area contributed by atoms with Crippen molar-refractivity contribution >= 4 is 16.9 Å². The number of fused-ring (bicyclic) bond motifs is 1. The first kappa shape index (κ1) is 17.8. The zero-order valence-electron chi connectivity index (χ0n) is 15.1. The minimum Gasteiger partial charge on any atom is -0.492 e. The van der Waals surface area contributed by atoms with Gasteiger partial charge in [-0.25, -0.2) is 4.79 Å². The van der Waals surface area contributed by atoms with E-state index >= 15 is 0 Å². The lowest BCUT2D eigenvalue weighted by molar-refractivity contribution is -0.121. The largest absolute Gasteiger partial charge is 0.492 e. The fourth-order valence-electron chi connectivity index (χ4n) is 2.95. The lowest BCUT2D eigenvalue weighted by atomic mass is 10.2. The van der Waals surface area contributed by atoms with Crippen molar-refractivity contribution in [3.8, 4) is 5.75 Å². The quantitative estimate of drug-likeness (QED) is 0.663. The first-order valence-electron chi connectivity index (χ1n) is 8.66. The molecule has 6 heteroatoms. The Bertz CT molecular complexity index is 972. The molecular weight excluding hydrogens is 330 g/mol. The average Bonchev–Trinajstić information content (AvgIpc) is 2.88. The molecule has 3 rings (SSSR count). The van der Waals surface area contributed by atoms with Crippen LogP contribution in [0.5, 0.6) is 5.75 Å². The lowest BCUT2D eigenvalue weighted by Gasteiger charge is -2.08. The van der Waals surface area contributed by atoms with Crippen LogP contribution >= 0.6 is 0 Å². The van der Waals surface area contributed by atoms with Crippen LogP contribution in [0.1, 0.15) is 12.0 Å². The molecule has 0 atom stereocenters. The molecule has 0 saturated heterocycles. The van der Waals surface area contributed by atoms with Gasteiger partial charge < -0.3 is 10.1 Å². The molecule has 6 nitrogen and oxygen atoms in total. The van der Waals surface area contributed by atoms with Crippen LogP contribution in [0, 0.1) is 6.92 Å². The van der Waals surface area contributed by atoms with E-state index in [1.807, 2.05) is 55.5 Å². The van der Waals surface area contributed by atoms with Crippen LogP contribution in [0.4, 0.5) is 0 Å². The van der Waals surface area contributed by atoms with Crippen LogP contribution in [-0.2, 0) is 18.4 Å². The summed E-state index contributed by atoms with van der Waals surface area (Å²) in [6.45, 7) is 3.19. The molecule has 0 bridgehead atoms. The Balaban J connectivity index is 1.49. The molecule has 0 spiro atoms. The van der Waals surface area contributed by atoms with Gasteiger partial charge in [0.15, 0.2) is 0 Å². The number of aromatic nitrogens is 2. The highest BCUT2D eigenvalue weighted by Crippen LogP contribution is 2.12. The number of nitrogens with one attached hydrogen (secondary N) is 1. The van der Waals surface area contributed by atoms with Gasteiger partial charge in [0.25, 0.3) is 0 Å². The van der Waals surface area contributed by atoms with Gasteiger partial charge in [0.05, 0.1) is 17.6 Å². The number of para-hydroxylation sites is 2. The number of aryl methyl sites for hydroxylation is 3. The zero-order chi connectivity index (χ0) is 18.5. The monoisotopic (exact) mass is 353 g/mol. The van der Waals surface area contributed by atoms with Gasteiger partial charge in [-0.15, -0.1) is 0 Å². The third-order valence-electron chi connectivity index (χ3n) is 4.30. The van der Waals surface area contributed by atoms with E-state index in [1.54, 1.807) is 16.2 Å². The fourth-order valence-corrected chi connectivity index (χ4v) is 2.95. The summed E-state index contributed by atoms with van der Waals surface area (Å²) in [7, 11) is 1.74. The van der Waals surface area contributed by atoms with E-state index in [0.717, 1.165) is 22.3 Å². The summed E-state index contributed by atoms with van der Waals surface area (Å²) in [5.74, 6) is 0.694. The summed E-state index contributed by atoms with van der Waals surface area (Å²) in [4.78, 5) is 24.4. The molecule has 26 heavy (non-hydrogen) atoms. The van der Waals surface area contributed by atoms with E-state index < -0.39 is 0 Å². The van der Waals surface area contributed by atoms with E-state index in [2.05, 4.69) is 5.32 Å². The highest BCUT2D eigenvalue weighted by molar-refractivity contribution is 5.77. The third-order valence-corrected chi connectivity index (χ3v) is 4.30. The van der Waals surface area contributed by atoms with Gasteiger partial charge in [-0.1, -0.05) is 24.3 Å². The summed E-state index contributed by atoms with van der Waals surface area (Å²) in [5, 5.41) is 2.83. The predicted molar refractivity (Wildman–Crippen MR) is 101 cm³/mol. The second kappa shape index (κ2) is 7.91. The summed E-state index contributed by atoms with van der Waals surface area (Å²) >= 11 is 0. The maximum absolute atomic E-state index is 12.3. The van der Waals surface area contributed by atoms with Gasteiger partial charge in [0.2, 0.25) is 5.91 Å². The fraction of sp³-hybridized carbons (Fsp3) is 0.300. The van der Waals surface area contributed by atoms with Crippen molar-refractivity contribution in [3.05, 3.63) is 64.6 Å².